The van der Waals surface area contributed by atoms with E-state index in [2.05, 4.69) is 14.8 Å². The minimum atomic E-state index is -3.25. The number of aryl methyl sites for hydroxylation is 1. The maximum atomic E-state index is 11.9. The summed E-state index contributed by atoms with van der Waals surface area (Å²) >= 11 is 0. The molecule has 0 saturated carbocycles. The van der Waals surface area contributed by atoms with Crippen LogP contribution in [0.25, 0.3) is 0 Å². The van der Waals surface area contributed by atoms with Crippen LogP contribution in [0.1, 0.15) is 5.82 Å². The highest BCUT2D eigenvalue weighted by Crippen LogP contribution is 2.00. The highest BCUT2D eigenvalue weighted by molar-refractivity contribution is 7.89. The first kappa shape index (κ1) is 14.9. The molecule has 1 aliphatic heterocycles. The van der Waals surface area contributed by atoms with Crippen molar-refractivity contribution < 1.29 is 17.9 Å². The number of amides is 1. The number of hydrogen-bond donors (Lipinski definition) is 1. The van der Waals surface area contributed by atoms with E-state index in [1.807, 2.05) is 0 Å². The first-order valence-electron chi connectivity index (χ1n) is 6.14. The van der Waals surface area contributed by atoms with E-state index in [0.29, 0.717) is 12.4 Å². The first-order chi connectivity index (χ1) is 9.48. The van der Waals surface area contributed by atoms with Crippen LogP contribution >= 0.6 is 0 Å². The molecule has 1 fully saturated rings. The van der Waals surface area contributed by atoms with Crippen LogP contribution in [-0.4, -0.2) is 66.0 Å². The highest BCUT2D eigenvalue weighted by Gasteiger charge is 2.21. The van der Waals surface area contributed by atoms with Gasteiger partial charge >= 0.3 is 0 Å². The van der Waals surface area contributed by atoms with E-state index in [1.54, 1.807) is 11.7 Å². The number of sulfonamides is 1. The van der Waals surface area contributed by atoms with Crippen molar-refractivity contribution in [2.45, 2.75) is 6.61 Å². The van der Waals surface area contributed by atoms with Crippen LogP contribution in [-0.2, 0) is 33.2 Å². The molecule has 1 amide bonds. The van der Waals surface area contributed by atoms with Gasteiger partial charge in [-0.1, -0.05) is 0 Å². The fraction of sp³-hybridized carbons (Fsp3) is 0.700. The van der Waals surface area contributed by atoms with Crippen LogP contribution in [0.2, 0.25) is 0 Å². The van der Waals surface area contributed by atoms with Gasteiger partial charge in [0.05, 0.1) is 5.75 Å². The van der Waals surface area contributed by atoms with Crippen molar-refractivity contribution in [3.05, 3.63) is 12.2 Å². The van der Waals surface area contributed by atoms with Crippen molar-refractivity contribution in [1.82, 2.24) is 24.4 Å². The van der Waals surface area contributed by atoms with Gasteiger partial charge in [0.15, 0.2) is 5.82 Å². The SMILES string of the molecule is Cn1ncnc1COCC(=O)N1CCNS(=O)(=O)CC1. The summed E-state index contributed by atoms with van der Waals surface area (Å²) in [5.41, 5.74) is 0. The van der Waals surface area contributed by atoms with Crippen LogP contribution in [0, 0.1) is 0 Å². The van der Waals surface area contributed by atoms with E-state index < -0.39 is 10.0 Å². The lowest BCUT2D eigenvalue weighted by molar-refractivity contribution is -0.136. The fourth-order valence-corrected chi connectivity index (χ4v) is 2.78. The summed E-state index contributed by atoms with van der Waals surface area (Å²) in [4.78, 5) is 17.4. The second-order valence-electron chi connectivity index (χ2n) is 4.39. The third-order valence-corrected chi connectivity index (χ3v) is 4.31. The quantitative estimate of drug-likeness (QED) is 0.696. The fourth-order valence-electron chi connectivity index (χ4n) is 1.77. The Morgan fingerprint density at radius 1 is 1.50 bits per heavy atom. The summed E-state index contributed by atoms with van der Waals surface area (Å²) in [5.74, 6) is 0.311. The maximum absolute atomic E-state index is 11.9. The maximum Gasteiger partial charge on any atom is 0.248 e. The molecule has 2 heterocycles. The molecule has 1 aromatic heterocycles. The van der Waals surface area contributed by atoms with E-state index in [4.69, 9.17) is 4.74 Å². The Labute approximate surface area is 117 Å². The standard InChI is InChI=1S/C10H17N5O4S/c1-14-9(11-8-12-14)6-19-7-10(16)15-3-2-13-20(17,18)5-4-15/h8,13H,2-7H2,1H3. The second kappa shape index (κ2) is 6.29. The van der Waals surface area contributed by atoms with Gasteiger partial charge in [-0.25, -0.2) is 18.1 Å². The summed E-state index contributed by atoms with van der Waals surface area (Å²) in [6.07, 6.45) is 1.41. The number of rotatable bonds is 4. The van der Waals surface area contributed by atoms with E-state index in [0.717, 1.165) is 0 Å². The molecule has 0 radical (unpaired) electrons. The van der Waals surface area contributed by atoms with Gasteiger partial charge in [-0.3, -0.25) is 9.48 Å². The summed E-state index contributed by atoms with van der Waals surface area (Å²) in [7, 11) is -1.52. The average Bonchev–Trinajstić information content (AvgIpc) is 2.69. The largest absolute Gasteiger partial charge is 0.364 e. The molecule has 112 valence electrons. The molecule has 1 aromatic rings. The molecule has 10 heteroatoms. The zero-order chi connectivity index (χ0) is 14.6. The number of carbonyl (C=O) groups excluding carboxylic acids is 1. The zero-order valence-corrected chi connectivity index (χ0v) is 12.0. The van der Waals surface area contributed by atoms with Gasteiger partial charge in [-0.05, 0) is 0 Å². The molecule has 0 spiro atoms. The van der Waals surface area contributed by atoms with Gasteiger partial charge < -0.3 is 9.64 Å². The van der Waals surface area contributed by atoms with Crippen LogP contribution in [0.3, 0.4) is 0 Å². The minimum absolute atomic E-state index is 0.0813. The van der Waals surface area contributed by atoms with Crippen LogP contribution < -0.4 is 4.72 Å². The molecular weight excluding hydrogens is 286 g/mol. The number of aromatic nitrogens is 3. The lowest BCUT2D eigenvalue weighted by atomic mass is 10.4. The van der Waals surface area contributed by atoms with Gasteiger partial charge in [-0.15, -0.1) is 0 Å². The molecular formula is C10H17N5O4S. The van der Waals surface area contributed by atoms with Crippen LogP contribution in [0.15, 0.2) is 6.33 Å². The van der Waals surface area contributed by atoms with Crippen molar-refractivity contribution in [3.8, 4) is 0 Å². The molecule has 0 unspecified atom stereocenters. The Balaban J connectivity index is 1.79. The van der Waals surface area contributed by atoms with Crippen molar-refractivity contribution in [1.29, 1.82) is 0 Å². The normalized spacial score (nSPS) is 18.8. The molecule has 0 aliphatic carbocycles. The van der Waals surface area contributed by atoms with E-state index in [9.17, 15) is 13.2 Å². The zero-order valence-electron chi connectivity index (χ0n) is 11.2. The smallest absolute Gasteiger partial charge is 0.248 e. The Morgan fingerprint density at radius 3 is 3.00 bits per heavy atom. The lowest BCUT2D eigenvalue weighted by Gasteiger charge is -2.19. The third-order valence-electron chi connectivity index (χ3n) is 2.95. The Morgan fingerprint density at radius 2 is 2.30 bits per heavy atom. The highest BCUT2D eigenvalue weighted by atomic mass is 32.2. The molecule has 1 N–H and O–H groups in total. The molecule has 20 heavy (non-hydrogen) atoms. The molecule has 0 atom stereocenters. The molecule has 9 nitrogen and oxygen atoms in total. The molecule has 0 bridgehead atoms. The molecule has 1 aliphatic rings. The van der Waals surface area contributed by atoms with Gasteiger partial charge in [0, 0.05) is 26.7 Å². The number of carbonyl (C=O) groups is 1. The van der Waals surface area contributed by atoms with E-state index in [-0.39, 0.29) is 38.0 Å². The molecule has 2 rings (SSSR count). The number of nitrogens with one attached hydrogen (secondary N) is 1. The van der Waals surface area contributed by atoms with Crippen LogP contribution in [0.5, 0.6) is 0 Å². The topological polar surface area (TPSA) is 106 Å². The summed E-state index contributed by atoms with van der Waals surface area (Å²) in [6.45, 7) is 0.851. The predicted octanol–water partition coefficient (Wildman–Crippen LogP) is -1.91. The predicted molar refractivity (Wildman–Crippen MR) is 69.0 cm³/mol. The van der Waals surface area contributed by atoms with Crippen molar-refractivity contribution in [2.75, 3.05) is 32.0 Å². The number of nitrogens with zero attached hydrogens (tertiary/aromatic N) is 4. The Hall–Kier alpha value is -1.52. The Kier molecular flexibility index (Phi) is 4.68. The van der Waals surface area contributed by atoms with Crippen molar-refractivity contribution in [2.24, 2.45) is 7.05 Å². The van der Waals surface area contributed by atoms with Crippen LogP contribution in [0.4, 0.5) is 0 Å². The lowest BCUT2D eigenvalue weighted by Crippen LogP contribution is -2.37. The minimum Gasteiger partial charge on any atom is -0.364 e. The number of hydrogen-bond acceptors (Lipinski definition) is 6. The third kappa shape index (κ3) is 3.99. The van der Waals surface area contributed by atoms with Crippen molar-refractivity contribution >= 4 is 15.9 Å². The van der Waals surface area contributed by atoms with Gasteiger partial charge in [-0.2, -0.15) is 5.10 Å². The van der Waals surface area contributed by atoms with Gasteiger partial charge in [0.2, 0.25) is 15.9 Å². The Bertz CT molecular complexity index is 570. The summed E-state index contributed by atoms with van der Waals surface area (Å²) in [6, 6.07) is 0. The first-order valence-corrected chi connectivity index (χ1v) is 7.79. The average molecular weight is 303 g/mol. The molecule has 1 saturated heterocycles. The van der Waals surface area contributed by atoms with E-state index >= 15 is 0 Å². The van der Waals surface area contributed by atoms with Crippen molar-refractivity contribution in [3.63, 3.8) is 0 Å². The van der Waals surface area contributed by atoms with Gasteiger partial charge in [0.25, 0.3) is 0 Å². The monoisotopic (exact) mass is 303 g/mol. The second-order valence-corrected chi connectivity index (χ2v) is 6.31. The summed E-state index contributed by atoms with van der Waals surface area (Å²) < 4.78 is 31.9. The molecule has 0 aromatic carbocycles. The van der Waals surface area contributed by atoms with Gasteiger partial charge in [0.1, 0.15) is 19.5 Å². The summed E-state index contributed by atoms with van der Waals surface area (Å²) in [5, 5.41) is 3.89. The number of ether oxygens (including phenoxy) is 1. The van der Waals surface area contributed by atoms with E-state index in [1.165, 1.54) is 11.2 Å².